The minimum Gasteiger partial charge on any atom is -0.481 e. The number of carbonyl (C=O) groups excluding carboxylic acids is 6. The fourth-order valence-corrected chi connectivity index (χ4v) is 5.70. The maximum atomic E-state index is 13.9. The van der Waals surface area contributed by atoms with Crippen LogP contribution in [0, 0.1) is 11.8 Å². The topological polar surface area (TPSA) is 295 Å². The van der Waals surface area contributed by atoms with Gasteiger partial charge in [0.05, 0.1) is 18.5 Å². The van der Waals surface area contributed by atoms with E-state index < -0.39 is 102 Å². The van der Waals surface area contributed by atoms with Crippen LogP contribution in [-0.2, 0) is 51.3 Å². The van der Waals surface area contributed by atoms with E-state index in [1.54, 1.807) is 82.3 Å². The highest BCUT2D eigenvalue weighted by Gasteiger charge is 2.36. The lowest BCUT2D eigenvalue weighted by Gasteiger charge is -2.30. The average molecular weight is 812 g/mol. The molecular weight excluding hydrogens is 754 g/mol. The lowest BCUT2D eigenvalue weighted by molar-refractivity contribution is -0.142. The van der Waals surface area contributed by atoms with Gasteiger partial charge in [-0.3, -0.25) is 38.4 Å². The van der Waals surface area contributed by atoms with Crippen molar-refractivity contribution in [3.63, 3.8) is 0 Å². The standard InChI is InChI=1S/C40H57N7O11/c1-22(2)18-29(45-39(57)33(23(3)4)47-36(54)27(41)16-17-31(48)49)38(56)44-28(19-25-12-8-6-9-13-25)34(52)40(58)46-30(20-32(50)51)37(55)43-24(5)35(53)42-21-26-14-10-7-11-15-26/h6-15,22-24,27-30,33-34,52H,16-21,41H2,1-5H3,(H,42,53)(H,43,55)(H,44,56)(H,45,57)(H,46,58)(H,47,54)(H,48,49)(H,50,51)/t24-,27-,28-,29-,30-,33-,34+/m0/s1. The molecule has 0 saturated carbocycles. The van der Waals surface area contributed by atoms with Gasteiger partial charge in [-0.15, -0.1) is 0 Å². The van der Waals surface area contributed by atoms with Gasteiger partial charge in [0.25, 0.3) is 5.91 Å². The first-order valence-electron chi connectivity index (χ1n) is 19.0. The van der Waals surface area contributed by atoms with Gasteiger partial charge in [-0.2, -0.15) is 0 Å². The first-order valence-corrected chi connectivity index (χ1v) is 19.0. The maximum absolute atomic E-state index is 13.9. The van der Waals surface area contributed by atoms with Crippen LogP contribution in [0.15, 0.2) is 60.7 Å². The molecule has 0 saturated heterocycles. The third kappa shape index (κ3) is 17.1. The third-order valence-corrected chi connectivity index (χ3v) is 8.94. The average Bonchev–Trinajstić information content (AvgIpc) is 3.16. The normalized spacial score (nSPS) is 14.7. The van der Waals surface area contributed by atoms with Gasteiger partial charge in [0, 0.05) is 13.0 Å². The first kappa shape index (κ1) is 48.3. The van der Waals surface area contributed by atoms with Gasteiger partial charge in [0.2, 0.25) is 29.5 Å². The molecule has 0 radical (unpaired) electrons. The van der Waals surface area contributed by atoms with Crippen LogP contribution in [0.4, 0.5) is 0 Å². The number of aliphatic hydroxyl groups excluding tert-OH is 1. The quantitative estimate of drug-likeness (QED) is 0.0655. The van der Waals surface area contributed by atoms with Gasteiger partial charge in [-0.1, -0.05) is 88.4 Å². The van der Waals surface area contributed by atoms with Crippen LogP contribution in [0.1, 0.15) is 71.4 Å². The Balaban J connectivity index is 2.27. The zero-order chi connectivity index (χ0) is 43.5. The highest BCUT2D eigenvalue weighted by molar-refractivity contribution is 5.96. The van der Waals surface area contributed by atoms with E-state index in [-0.39, 0.29) is 38.1 Å². The number of aliphatic hydroxyl groups is 1. The van der Waals surface area contributed by atoms with Crippen molar-refractivity contribution in [2.24, 2.45) is 17.6 Å². The summed E-state index contributed by atoms with van der Waals surface area (Å²) in [5, 5.41) is 44.9. The number of nitrogens with one attached hydrogen (secondary N) is 6. The smallest absolute Gasteiger partial charge is 0.305 e. The van der Waals surface area contributed by atoms with Crippen molar-refractivity contribution in [2.75, 3.05) is 0 Å². The summed E-state index contributed by atoms with van der Waals surface area (Å²) in [5.74, 6) is -8.33. The lowest BCUT2D eigenvalue weighted by atomic mass is 9.97. The van der Waals surface area contributed by atoms with Crippen molar-refractivity contribution in [2.45, 2.75) is 116 Å². The minimum absolute atomic E-state index is 0.0901. The number of aliphatic carboxylic acids is 2. The van der Waals surface area contributed by atoms with Crippen molar-refractivity contribution < 1.29 is 53.7 Å². The lowest BCUT2D eigenvalue weighted by Crippen LogP contribution is -2.61. The molecule has 0 aromatic heterocycles. The van der Waals surface area contributed by atoms with Crippen LogP contribution in [0.25, 0.3) is 0 Å². The number of benzene rings is 2. The van der Waals surface area contributed by atoms with Crippen LogP contribution < -0.4 is 37.6 Å². The van der Waals surface area contributed by atoms with Crippen LogP contribution in [0.5, 0.6) is 0 Å². The van der Waals surface area contributed by atoms with Crippen LogP contribution in [-0.4, -0.2) is 105 Å². The molecular formula is C40H57N7O11. The van der Waals surface area contributed by atoms with Gasteiger partial charge < -0.3 is 53.0 Å². The summed E-state index contributed by atoms with van der Waals surface area (Å²) in [6.45, 7) is 8.42. The van der Waals surface area contributed by atoms with Crippen molar-refractivity contribution in [3.05, 3.63) is 71.8 Å². The monoisotopic (exact) mass is 811 g/mol. The predicted octanol–water partition coefficient (Wildman–Crippen LogP) is -0.281. The van der Waals surface area contributed by atoms with Crippen LogP contribution in [0.2, 0.25) is 0 Å². The van der Waals surface area contributed by atoms with Crippen molar-refractivity contribution in [1.82, 2.24) is 31.9 Å². The molecule has 318 valence electrons. The highest BCUT2D eigenvalue weighted by Crippen LogP contribution is 2.12. The molecule has 0 spiro atoms. The maximum Gasteiger partial charge on any atom is 0.305 e. The van der Waals surface area contributed by atoms with E-state index in [1.807, 2.05) is 6.07 Å². The first-order chi connectivity index (χ1) is 27.3. The number of nitrogens with two attached hydrogens (primary N) is 1. The Kier molecular flexibility index (Phi) is 20.0. The largest absolute Gasteiger partial charge is 0.481 e. The van der Waals surface area contributed by atoms with Crippen LogP contribution >= 0.6 is 0 Å². The number of carboxylic acids is 2. The number of rotatable bonds is 24. The zero-order valence-corrected chi connectivity index (χ0v) is 33.4. The van der Waals surface area contributed by atoms with E-state index in [1.165, 1.54) is 6.92 Å². The van der Waals surface area contributed by atoms with Gasteiger partial charge in [0.15, 0.2) is 6.10 Å². The van der Waals surface area contributed by atoms with Crippen molar-refractivity contribution in [1.29, 1.82) is 0 Å². The highest BCUT2D eigenvalue weighted by atomic mass is 16.4. The summed E-state index contributed by atoms with van der Waals surface area (Å²) in [6, 6.07) is 9.60. The fraction of sp³-hybridized carbons (Fsp3) is 0.500. The van der Waals surface area contributed by atoms with Gasteiger partial charge >= 0.3 is 11.9 Å². The molecule has 0 unspecified atom stereocenters. The molecule has 18 nitrogen and oxygen atoms in total. The van der Waals surface area contributed by atoms with Crippen LogP contribution in [0.3, 0.4) is 0 Å². The molecule has 0 aliphatic carbocycles. The summed E-state index contributed by atoms with van der Waals surface area (Å²) in [4.78, 5) is 102. The third-order valence-electron chi connectivity index (χ3n) is 8.94. The minimum atomic E-state index is -2.05. The predicted molar refractivity (Wildman–Crippen MR) is 211 cm³/mol. The second kappa shape index (κ2) is 24.0. The van der Waals surface area contributed by atoms with E-state index in [0.717, 1.165) is 5.56 Å². The second-order valence-electron chi connectivity index (χ2n) is 14.8. The number of hydrogen-bond acceptors (Lipinski definition) is 10. The molecule has 7 atom stereocenters. The Morgan fingerprint density at radius 3 is 1.71 bits per heavy atom. The summed E-state index contributed by atoms with van der Waals surface area (Å²) in [5.41, 5.74) is 7.22. The Hall–Kier alpha value is -5.88. The Bertz CT molecular complexity index is 1710. The molecule has 2 aromatic carbocycles. The molecule has 11 N–H and O–H groups in total. The molecule has 18 heteroatoms. The van der Waals surface area contributed by atoms with Gasteiger partial charge in [0.1, 0.15) is 24.2 Å². The molecule has 0 bridgehead atoms. The Morgan fingerprint density at radius 2 is 1.17 bits per heavy atom. The molecule has 0 heterocycles. The molecule has 0 fully saturated rings. The summed E-state index contributed by atoms with van der Waals surface area (Å²) >= 11 is 0. The summed E-state index contributed by atoms with van der Waals surface area (Å²) < 4.78 is 0. The van der Waals surface area contributed by atoms with Gasteiger partial charge in [-0.05, 0) is 49.1 Å². The molecule has 6 amide bonds. The molecule has 0 aliphatic heterocycles. The van der Waals surface area contributed by atoms with E-state index in [4.69, 9.17) is 10.8 Å². The summed E-state index contributed by atoms with van der Waals surface area (Å²) in [6.07, 6.45) is -3.51. The molecule has 2 aromatic rings. The number of carbonyl (C=O) groups is 8. The number of hydrogen-bond donors (Lipinski definition) is 10. The second-order valence-corrected chi connectivity index (χ2v) is 14.8. The molecule has 0 aliphatic rings. The number of amides is 6. The Labute approximate surface area is 337 Å². The van der Waals surface area contributed by atoms with E-state index >= 15 is 0 Å². The molecule has 58 heavy (non-hydrogen) atoms. The zero-order valence-electron chi connectivity index (χ0n) is 33.4. The van der Waals surface area contributed by atoms with Crippen molar-refractivity contribution in [3.8, 4) is 0 Å². The van der Waals surface area contributed by atoms with Crippen molar-refractivity contribution >= 4 is 47.4 Å². The van der Waals surface area contributed by atoms with E-state index in [2.05, 4.69) is 31.9 Å². The Morgan fingerprint density at radius 1 is 0.621 bits per heavy atom. The molecule has 2 rings (SSSR count). The van der Waals surface area contributed by atoms with Gasteiger partial charge in [-0.25, -0.2) is 0 Å². The number of carboxylic acid groups (broad SMARTS) is 2. The SMILES string of the molecule is CC(C)C[C@H](NC(=O)[C@@H](NC(=O)[C@@H](N)CCC(=O)O)C(C)C)C(=O)N[C@@H](Cc1ccccc1)[C@@H](O)C(=O)N[C@@H](CC(=O)O)C(=O)N[C@@H](C)C(=O)NCc1ccccc1. The fourth-order valence-electron chi connectivity index (χ4n) is 5.70. The van der Waals surface area contributed by atoms with E-state index in [9.17, 15) is 48.6 Å². The van der Waals surface area contributed by atoms with E-state index in [0.29, 0.717) is 5.56 Å². The summed E-state index contributed by atoms with van der Waals surface area (Å²) in [7, 11) is 0.